The van der Waals surface area contributed by atoms with Crippen LogP contribution >= 0.6 is 11.6 Å². The van der Waals surface area contributed by atoms with Crippen molar-refractivity contribution in [2.75, 3.05) is 18.9 Å². The minimum atomic E-state index is -4.39. The highest BCUT2D eigenvalue weighted by Crippen LogP contribution is 2.29. The summed E-state index contributed by atoms with van der Waals surface area (Å²) in [4.78, 5) is 13.7. The van der Waals surface area contributed by atoms with Crippen molar-refractivity contribution in [2.45, 2.75) is 12.7 Å². The fourth-order valence-corrected chi connectivity index (χ4v) is 2.36. The molecular formula is C17H16ClF3N2O. The minimum Gasteiger partial charge on any atom is -0.325 e. The number of hydrogen-bond donors (Lipinski definition) is 1. The number of halogens is 4. The van der Waals surface area contributed by atoms with Crippen LogP contribution in [0.3, 0.4) is 0 Å². The van der Waals surface area contributed by atoms with Gasteiger partial charge < -0.3 is 5.32 Å². The fraction of sp³-hybridized carbons (Fsp3) is 0.235. The van der Waals surface area contributed by atoms with Gasteiger partial charge in [0.25, 0.3) is 0 Å². The van der Waals surface area contributed by atoms with Crippen molar-refractivity contribution >= 4 is 23.2 Å². The van der Waals surface area contributed by atoms with Crippen molar-refractivity contribution in [2.24, 2.45) is 0 Å². The van der Waals surface area contributed by atoms with Gasteiger partial charge in [0.15, 0.2) is 0 Å². The zero-order valence-electron chi connectivity index (χ0n) is 12.9. The molecule has 2 aromatic rings. The van der Waals surface area contributed by atoms with Gasteiger partial charge in [-0.15, -0.1) is 0 Å². The average Bonchev–Trinajstić information content (AvgIpc) is 2.49. The van der Waals surface area contributed by atoms with E-state index < -0.39 is 11.7 Å². The molecule has 0 unspecified atom stereocenters. The third-order valence-corrected chi connectivity index (χ3v) is 3.68. The molecular weight excluding hydrogens is 341 g/mol. The fourth-order valence-electron chi connectivity index (χ4n) is 2.16. The molecule has 0 atom stereocenters. The molecule has 0 aliphatic heterocycles. The van der Waals surface area contributed by atoms with E-state index in [-0.39, 0.29) is 12.5 Å². The van der Waals surface area contributed by atoms with Crippen molar-refractivity contribution in [1.29, 1.82) is 0 Å². The number of hydrogen-bond acceptors (Lipinski definition) is 2. The summed E-state index contributed by atoms with van der Waals surface area (Å²) in [5.41, 5.74) is 0.458. The van der Waals surface area contributed by atoms with Crippen molar-refractivity contribution in [3.63, 3.8) is 0 Å². The molecule has 0 spiro atoms. The summed E-state index contributed by atoms with van der Waals surface area (Å²) in [6.45, 7) is 0.576. The van der Waals surface area contributed by atoms with Crippen molar-refractivity contribution in [3.8, 4) is 0 Å². The largest absolute Gasteiger partial charge is 0.416 e. The normalized spacial score (nSPS) is 11.6. The van der Waals surface area contributed by atoms with Crippen LogP contribution in [0.25, 0.3) is 0 Å². The summed E-state index contributed by atoms with van der Waals surface area (Å²) in [6, 6.07) is 11.6. The van der Waals surface area contributed by atoms with Crippen molar-refractivity contribution < 1.29 is 18.0 Å². The van der Waals surface area contributed by atoms with Crippen LogP contribution in [-0.2, 0) is 17.5 Å². The summed E-state index contributed by atoms with van der Waals surface area (Å²) >= 11 is 6.07. The zero-order valence-corrected chi connectivity index (χ0v) is 13.7. The van der Waals surface area contributed by atoms with Crippen LogP contribution in [0, 0.1) is 0 Å². The van der Waals surface area contributed by atoms with Gasteiger partial charge in [-0.2, -0.15) is 13.2 Å². The smallest absolute Gasteiger partial charge is 0.325 e. The van der Waals surface area contributed by atoms with E-state index in [1.54, 1.807) is 18.0 Å². The van der Waals surface area contributed by atoms with Crippen LogP contribution in [0.1, 0.15) is 11.1 Å². The molecule has 0 aliphatic rings. The van der Waals surface area contributed by atoms with Crippen molar-refractivity contribution in [1.82, 2.24) is 4.90 Å². The Labute approximate surface area is 143 Å². The van der Waals surface area contributed by atoms with E-state index >= 15 is 0 Å². The lowest BCUT2D eigenvalue weighted by Gasteiger charge is -2.17. The molecule has 0 heterocycles. The van der Waals surface area contributed by atoms with Crippen LogP contribution in [0.5, 0.6) is 0 Å². The van der Waals surface area contributed by atoms with Gasteiger partial charge in [-0.1, -0.05) is 29.8 Å². The Hall–Kier alpha value is -2.05. The molecule has 24 heavy (non-hydrogen) atoms. The summed E-state index contributed by atoms with van der Waals surface area (Å²) in [7, 11) is 1.76. The summed E-state index contributed by atoms with van der Waals surface area (Å²) in [6.07, 6.45) is -4.39. The molecule has 1 N–H and O–H groups in total. The van der Waals surface area contributed by atoms with Crippen LogP contribution < -0.4 is 5.32 Å². The van der Waals surface area contributed by atoms with E-state index in [4.69, 9.17) is 11.6 Å². The van der Waals surface area contributed by atoms with Gasteiger partial charge in [-0.3, -0.25) is 9.69 Å². The number of anilines is 1. The molecule has 3 nitrogen and oxygen atoms in total. The minimum absolute atomic E-state index is 0.0895. The number of nitrogens with one attached hydrogen (secondary N) is 1. The Balaban J connectivity index is 1.90. The summed E-state index contributed by atoms with van der Waals surface area (Å²) in [5, 5.41) is 3.19. The highest BCUT2D eigenvalue weighted by atomic mass is 35.5. The summed E-state index contributed by atoms with van der Waals surface area (Å²) in [5.74, 6) is -0.315. The SMILES string of the molecule is CN(CC(=O)Nc1ccc(C(F)(F)F)cc1)Cc1ccccc1Cl. The Bertz CT molecular complexity index is 702. The molecule has 0 saturated heterocycles. The quantitative estimate of drug-likeness (QED) is 0.859. The number of likely N-dealkylation sites (N-methyl/N-ethyl adjacent to an activating group) is 1. The van der Waals surface area contributed by atoms with Gasteiger partial charge in [-0.05, 0) is 42.9 Å². The molecule has 0 fully saturated rings. The monoisotopic (exact) mass is 356 g/mol. The maximum atomic E-state index is 12.5. The molecule has 2 aromatic carbocycles. The number of nitrogens with zero attached hydrogens (tertiary/aromatic N) is 1. The van der Waals surface area contributed by atoms with Crippen LogP contribution in [0.15, 0.2) is 48.5 Å². The maximum absolute atomic E-state index is 12.5. The molecule has 0 radical (unpaired) electrons. The van der Waals surface area contributed by atoms with E-state index in [9.17, 15) is 18.0 Å². The Morgan fingerprint density at radius 2 is 1.75 bits per heavy atom. The van der Waals surface area contributed by atoms with Crippen LogP contribution in [0.4, 0.5) is 18.9 Å². The number of carbonyl (C=O) groups excluding carboxylic acids is 1. The first-order valence-corrected chi connectivity index (χ1v) is 7.52. The number of rotatable bonds is 5. The van der Waals surface area contributed by atoms with Gasteiger partial charge in [0.05, 0.1) is 12.1 Å². The molecule has 0 aliphatic carbocycles. The second-order valence-corrected chi connectivity index (χ2v) is 5.79. The molecule has 1 amide bonds. The highest BCUT2D eigenvalue weighted by molar-refractivity contribution is 6.31. The first-order chi connectivity index (χ1) is 11.3. The maximum Gasteiger partial charge on any atom is 0.416 e. The predicted molar refractivity (Wildman–Crippen MR) is 87.9 cm³/mol. The molecule has 7 heteroatoms. The van der Waals surface area contributed by atoms with E-state index in [1.165, 1.54) is 12.1 Å². The molecule has 0 saturated carbocycles. The number of benzene rings is 2. The molecule has 2 rings (SSSR count). The van der Waals surface area contributed by atoms with E-state index in [0.29, 0.717) is 17.3 Å². The molecule has 128 valence electrons. The Morgan fingerprint density at radius 3 is 2.33 bits per heavy atom. The van der Waals surface area contributed by atoms with Gasteiger partial charge in [0.1, 0.15) is 0 Å². The van der Waals surface area contributed by atoms with Gasteiger partial charge in [-0.25, -0.2) is 0 Å². The second-order valence-electron chi connectivity index (χ2n) is 5.39. The average molecular weight is 357 g/mol. The number of carbonyl (C=O) groups is 1. The predicted octanol–water partition coefficient (Wildman–Crippen LogP) is 4.43. The first-order valence-electron chi connectivity index (χ1n) is 7.15. The van der Waals surface area contributed by atoms with Crippen molar-refractivity contribution in [3.05, 3.63) is 64.7 Å². The van der Waals surface area contributed by atoms with E-state index in [2.05, 4.69) is 5.32 Å². The Kier molecular flexibility index (Phi) is 5.85. The van der Waals surface area contributed by atoms with E-state index in [0.717, 1.165) is 17.7 Å². The second kappa shape index (κ2) is 7.68. The number of amides is 1. The standard InChI is InChI=1S/C17H16ClF3N2O/c1-23(10-12-4-2-3-5-15(12)18)11-16(24)22-14-8-6-13(7-9-14)17(19,20)21/h2-9H,10-11H2,1H3,(H,22,24). The third-order valence-electron chi connectivity index (χ3n) is 3.31. The summed E-state index contributed by atoms with van der Waals surface area (Å²) < 4.78 is 37.5. The van der Waals surface area contributed by atoms with Crippen LogP contribution in [-0.4, -0.2) is 24.4 Å². The lowest BCUT2D eigenvalue weighted by atomic mass is 10.2. The zero-order chi connectivity index (χ0) is 17.7. The number of alkyl halides is 3. The highest BCUT2D eigenvalue weighted by Gasteiger charge is 2.29. The van der Waals surface area contributed by atoms with Gasteiger partial charge in [0.2, 0.25) is 5.91 Å². The first kappa shape index (κ1) is 18.3. The Morgan fingerprint density at radius 1 is 1.12 bits per heavy atom. The molecule has 0 bridgehead atoms. The third kappa shape index (κ3) is 5.25. The van der Waals surface area contributed by atoms with Gasteiger partial charge in [0, 0.05) is 17.3 Å². The topological polar surface area (TPSA) is 32.3 Å². The molecule has 0 aromatic heterocycles. The van der Waals surface area contributed by atoms with E-state index in [1.807, 2.05) is 18.2 Å². The lowest BCUT2D eigenvalue weighted by Crippen LogP contribution is -2.29. The van der Waals surface area contributed by atoms with Crippen LogP contribution in [0.2, 0.25) is 5.02 Å². The van der Waals surface area contributed by atoms with Gasteiger partial charge >= 0.3 is 6.18 Å². The lowest BCUT2D eigenvalue weighted by molar-refractivity contribution is -0.137.